The van der Waals surface area contributed by atoms with Gasteiger partial charge in [-0.3, -0.25) is 14.4 Å². The zero-order valence-electron chi connectivity index (χ0n) is 49.8. The minimum absolute atomic E-state index is 0.0369. The highest BCUT2D eigenvalue weighted by molar-refractivity contribution is 5.74. The maximum atomic E-state index is 13.1. The number of esters is 3. The Balaban J connectivity index is 2.68. The van der Waals surface area contributed by atoms with Gasteiger partial charge in [-0.25, -0.2) is 4.79 Å². The van der Waals surface area contributed by atoms with Gasteiger partial charge in [0.25, 0.3) is 0 Å². The Hall–Kier alpha value is -4.10. The number of aliphatic hydroxyl groups excluding tert-OH is 2. The summed E-state index contributed by atoms with van der Waals surface area (Å²) in [5.41, 5.74) is 0. The Morgan fingerprint density at radius 3 is 1.29 bits per heavy atom. The summed E-state index contributed by atoms with van der Waals surface area (Å²) in [5.74, 6) is -3.24. The molecule has 0 bridgehead atoms. The van der Waals surface area contributed by atoms with Crippen LogP contribution in [0.2, 0.25) is 0 Å². The molecule has 1 aliphatic heterocycles. The molecule has 3 N–H and O–H groups in total. The van der Waals surface area contributed by atoms with Crippen LogP contribution in [0.5, 0.6) is 0 Å². The summed E-state index contributed by atoms with van der Waals surface area (Å²) in [7, 11) is 0. The van der Waals surface area contributed by atoms with E-state index in [0.29, 0.717) is 25.7 Å². The molecule has 0 aromatic rings. The van der Waals surface area contributed by atoms with Crippen LogP contribution in [0.3, 0.4) is 0 Å². The van der Waals surface area contributed by atoms with E-state index in [0.717, 1.165) is 96.3 Å². The molecule has 0 aromatic heterocycles. The molecule has 1 saturated heterocycles. The maximum absolute atomic E-state index is 13.1. The van der Waals surface area contributed by atoms with Crippen molar-refractivity contribution >= 4 is 23.9 Å². The smallest absolute Gasteiger partial charge is 0.335 e. The number of carboxylic acids is 1. The number of hydrogen-bond donors (Lipinski definition) is 3. The number of rotatable bonds is 53. The molecule has 0 spiro atoms. The second-order valence-corrected chi connectivity index (χ2v) is 21.3. The van der Waals surface area contributed by atoms with Gasteiger partial charge in [-0.15, -0.1) is 0 Å². The Kier molecular flexibility index (Phi) is 50.3. The van der Waals surface area contributed by atoms with Gasteiger partial charge in [0.15, 0.2) is 24.6 Å². The molecule has 6 unspecified atom stereocenters. The number of allylic oxidation sites excluding steroid dienone is 14. The summed E-state index contributed by atoms with van der Waals surface area (Å²) in [6, 6.07) is 0. The first-order chi connectivity index (χ1) is 38.6. The zero-order chi connectivity index (χ0) is 57.5. The zero-order valence-corrected chi connectivity index (χ0v) is 49.8. The van der Waals surface area contributed by atoms with Crippen molar-refractivity contribution in [3.05, 3.63) is 85.1 Å². The van der Waals surface area contributed by atoms with Crippen molar-refractivity contribution in [2.24, 2.45) is 0 Å². The van der Waals surface area contributed by atoms with E-state index in [1.54, 1.807) is 0 Å². The molecule has 12 heteroatoms. The van der Waals surface area contributed by atoms with E-state index in [2.05, 4.69) is 93.7 Å². The van der Waals surface area contributed by atoms with Crippen LogP contribution in [-0.2, 0) is 42.9 Å². The van der Waals surface area contributed by atoms with Crippen molar-refractivity contribution in [2.75, 3.05) is 13.2 Å². The number of unbranched alkanes of at least 4 members (excludes halogenated alkanes) is 25. The van der Waals surface area contributed by atoms with E-state index >= 15 is 0 Å². The van der Waals surface area contributed by atoms with Crippen LogP contribution in [0.15, 0.2) is 85.1 Å². The van der Waals surface area contributed by atoms with Gasteiger partial charge >= 0.3 is 23.9 Å². The van der Waals surface area contributed by atoms with E-state index in [4.69, 9.17) is 23.7 Å². The highest BCUT2D eigenvalue weighted by atomic mass is 16.7. The number of aliphatic hydroxyl groups is 2. The summed E-state index contributed by atoms with van der Waals surface area (Å²) in [5, 5.41) is 31.5. The molecule has 0 aromatic carbocycles. The summed E-state index contributed by atoms with van der Waals surface area (Å²) in [6.45, 7) is 5.80. The van der Waals surface area contributed by atoms with Crippen LogP contribution < -0.4 is 0 Å². The lowest BCUT2D eigenvalue weighted by Crippen LogP contribution is -2.61. The molecule has 79 heavy (non-hydrogen) atoms. The minimum Gasteiger partial charge on any atom is -0.479 e. The Morgan fingerprint density at radius 2 is 0.823 bits per heavy atom. The van der Waals surface area contributed by atoms with E-state index in [9.17, 15) is 34.5 Å². The van der Waals surface area contributed by atoms with Gasteiger partial charge in [-0.1, -0.05) is 247 Å². The second-order valence-electron chi connectivity index (χ2n) is 21.3. The number of ether oxygens (including phenoxy) is 5. The van der Waals surface area contributed by atoms with Gasteiger partial charge in [-0.05, 0) is 83.5 Å². The first-order valence-electron chi connectivity index (χ1n) is 31.6. The van der Waals surface area contributed by atoms with Gasteiger partial charge in [0.1, 0.15) is 18.8 Å². The minimum atomic E-state index is -1.92. The quantitative estimate of drug-likeness (QED) is 0.0228. The molecular weight excluding hydrogens is 997 g/mol. The van der Waals surface area contributed by atoms with E-state index in [1.165, 1.54) is 103 Å². The lowest BCUT2D eigenvalue weighted by molar-refractivity contribution is -0.301. The molecule has 452 valence electrons. The Bertz CT molecular complexity index is 1700. The van der Waals surface area contributed by atoms with Gasteiger partial charge in [0.05, 0.1) is 6.61 Å². The summed E-state index contributed by atoms with van der Waals surface area (Å²) >= 11 is 0. The molecule has 1 aliphatic rings. The Labute approximate surface area is 480 Å². The topological polar surface area (TPSA) is 175 Å². The summed E-state index contributed by atoms with van der Waals surface area (Å²) < 4.78 is 28.4. The predicted molar refractivity (Wildman–Crippen MR) is 321 cm³/mol. The van der Waals surface area contributed by atoms with Crippen molar-refractivity contribution in [1.29, 1.82) is 0 Å². The number of aliphatic carboxylic acids is 1. The van der Waals surface area contributed by atoms with Crippen LogP contribution in [0.4, 0.5) is 0 Å². The maximum Gasteiger partial charge on any atom is 0.335 e. The molecule has 0 aliphatic carbocycles. The van der Waals surface area contributed by atoms with Crippen molar-refractivity contribution in [1.82, 2.24) is 0 Å². The van der Waals surface area contributed by atoms with Crippen LogP contribution in [-0.4, -0.2) is 89.2 Å². The second kappa shape index (κ2) is 54.5. The van der Waals surface area contributed by atoms with Crippen molar-refractivity contribution in [3.63, 3.8) is 0 Å². The average molecular weight is 1110 g/mol. The molecule has 0 radical (unpaired) electrons. The van der Waals surface area contributed by atoms with Gasteiger partial charge in [0, 0.05) is 19.3 Å². The monoisotopic (exact) mass is 1110 g/mol. The molecule has 6 atom stereocenters. The molecule has 1 rings (SSSR count). The highest BCUT2D eigenvalue weighted by Crippen LogP contribution is 2.26. The fourth-order valence-corrected chi connectivity index (χ4v) is 9.15. The molecule has 1 fully saturated rings. The van der Waals surface area contributed by atoms with E-state index in [-0.39, 0.29) is 25.9 Å². The molecule has 12 nitrogen and oxygen atoms in total. The summed E-state index contributed by atoms with van der Waals surface area (Å²) in [6.07, 6.45) is 58.5. The van der Waals surface area contributed by atoms with E-state index in [1.807, 2.05) is 12.2 Å². The van der Waals surface area contributed by atoms with Crippen LogP contribution in [0, 0.1) is 0 Å². The van der Waals surface area contributed by atoms with Crippen LogP contribution >= 0.6 is 0 Å². The molecular formula is C67H112O12. The van der Waals surface area contributed by atoms with Crippen molar-refractivity contribution in [2.45, 2.75) is 302 Å². The molecule has 0 amide bonds. The summed E-state index contributed by atoms with van der Waals surface area (Å²) in [4.78, 5) is 51.2. The number of carbonyl (C=O) groups excluding carboxylic acids is 3. The first kappa shape index (κ1) is 72.9. The fourth-order valence-electron chi connectivity index (χ4n) is 9.15. The lowest BCUT2D eigenvalue weighted by atomic mass is 9.98. The average Bonchev–Trinajstić information content (AvgIpc) is 3.44. The molecule has 0 saturated carbocycles. The molecule has 1 heterocycles. The number of carboxylic acid groups (broad SMARTS) is 1. The standard InChI is InChI=1S/C67H112O12/c1-4-7-10-13-16-19-22-25-27-29-30-32-33-36-38-41-44-47-50-53-59(68)75-56-58(77-60(69)54-51-48-45-42-39-35-24-21-18-15-12-9-6-3)57-76-67-65(63(72)62(71)64(79-67)66(73)74)78-61(70)55-52-49-46-43-40-37-34-31-28-26-23-20-17-14-11-8-5-2/h9,12,16,18-19,21,25,27,30,32,35,39,45,48,58,62-65,67,71-72H,4-8,10-11,13-15,17,20,22-24,26,28-29,31,33-34,36-38,40-44,46-47,49-57H2,1-3H3,(H,73,74)/b12-9-,19-16-,21-18-,27-25-,32-30-,39-35-,48-45-. The third-order valence-electron chi connectivity index (χ3n) is 14.0. The first-order valence-corrected chi connectivity index (χ1v) is 31.6. The SMILES string of the molecule is CC/C=C\C/C=C\C/C=C\C/C=C\CCC(=O)OC(COC(=O)CCCCCCCC/C=C\C/C=C\C/C=C\CCCCC)COC1OC(C(=O)O)C(O)C(O)C1OC(=O)CCCCCCCCCCCCCCCCCCC. The normalized spacial score (nSPS) is 18.4. The number of hydrogen-bond acceptors (Lipinski definition) is 11. The van der Waals surface area contributed by atoms with E-state index < -0.39 is 67.3 Å². The third-order valence-corrected chi connectivity index (χ3v) is 14.0. The lowest BCUT2D eigenvalue weighted by Gasteiger charge is -2.40. The third kappa shape index (κ3) is 44.3. The van der Waals surface area contributed by atoms with Gasteiger partial charge in [-0.2, -0.15) is 0 Å². The van der Waals surface area contributed by atoms with Crippen LogP contribution in [0.25, 0.3) is 0 Å². The Morgan fingerprint density at radius 1 is 0.430 bits per heavy atom. The van der Waals surface area contributed by atoms with Gasteiger partial charge in [0.2, 0.25) is 0 Å². The van der Waals surface area contributed by atoms with Crippen LogP contribution in [0.1, 0.15) is 265 Å². The fraction of sp³-hybridized carbons (Fsp3) is 0.731. The van der Waals surface area contributed by atoms with Crippen molar-refractivity contribution in [3.8, 4) is 0 Å². The highest BCUT2D eigenvalue weighted by Gasteiger charge is 2.50. The largest absolute Gasteiger partial charge is 0.479 e. The van der Waals surface area contributed by atoms with Crippen molar-refractivity contribution < 1.29 is 58.2 Å². The van der Waals surface area contributed by atoms with Gasteiger partial charge < -0.3 is 39.0 Å². The predicted octanol–water partition coefficient (Wildman–Crippen LogP) is 16.7. The number of carbonyl (C=O) groups is 4.